The van der Waals surface area contributed by atoms with Gasteiger partial charge in [0.25, 0.3) is 5.91 Å². The summed E-state index contributed by atoms with van der Waals surface area (Å²) >= 11 is 5.25. The van der Waals surface area contributed by atoms with Gasteiger partial charge in [-0.1, -0.05) is 35.9 Å². The van der Waals surface area contributed by atoms with E-state index in [1.165, 1.54) is 4.90 Å². The highest BCUT2D eigenvalue weighted by Gasteiger charge is 2.31. The first kappa shape index (κ1) is 14.3. The molecule has 1 heterocycles. The van der Waals surface area contributed by atoms with Crippen molar-refractivity contribution < 1.29 is 9.90 Å². The van der Waals surface area contributed by atoms with Crippen LogP contribution in [0.25, 0.3) is 6.08 Å². The van der Waals surface area contributed by atoms with Crippen molar-refractivity contribution in [3.63, 3.8) is 0 Å². The highest BCUT2D eigenvalue weighted by Crippen LogP contribution is 2.25. The fourth-order valence-electron chi connectivity index (χ4n) is 2.23. The van der Waals surface area contributed by atoms with Gasteiger partial charge in [-0.3, -0.25) is 9.69 Å². The molecule has 1 aliphatic rings. The molecule has 1 amide bonds. The molecule has 1 saturated heterocycles. The number of carbonyl (C=O) groups excluding carboxylic acids is 1. The number of amides is 1. The molecular formula is C17H14N2O2S. The third-order valence-corrected chi connectivity index (χ3v) is 3.69. The maximum absolute atomic E-state index is 12.5. The summed E-state index contributed by atoms with van der Waals surface area (Å²) in [5.74, 6) is -0.124. The van der Waals surface area contributed by atoms with Crippen LogP contribution in [0, 0.1) is 6.92 Å². The topological polar surface area (TPSA) is 52.6 Å². The number of hydrogen-bond donors (Lipinski definition) is 2. The molecule has 0 spiro atoms. The first-order chi connectivity index (χ1) is 10.6. The molecule has 0 unspecified atom stereocenters. The SMILES string of the molecule is Cc1ccc(N2C(=O)C(=Cc3ccccc3O)NC2=S)cc1. The van der Waals surface area contributed by atoms with E-state index in [0.29, 0.717) is 22.1 Å². The monoisotopic (exact) mass is 310 g/mol. The fourth-order valence-corrected chi connectivity index (χ4v) is 2.53. The number of phenols is 1. The summed E-state index contributed by atoms with van der Waals surface area (Å²) in [4.78, 5) is 14.0. The number of benzene rings is 2. The van der Waals surface area contributed by atoms with E-state index >= 15 is 0 Å². The molecule has 0 aliphatic carbocycles. The minimum atomic E-state index is -0.239. The molecule has 1 fully saturated rings. The van der Waals surface area contributed by atoms with E-state index in [9.17, 15) is 9.90 Å². The van der Waals surface area contributed by atoms with E-state index in [2.05, 4.69) is 5.32 Å². The van der Waals surface area contributed by atoms with Crippen LogP contribution >= 0.6 is 12.2 Å². The number of aromatic hydroxyl groups is 1. The number of phenolic OH excluding ortho intramolecular Hbond substituents is 1. The molecule has 2 N–H and O–H groups in total. The van der Waals surface area contributed by atoms with Crippen LogP contribution in [0.15, 0.2) is 54.2 Å². The molecule has 110 valence electrons. The van der Waals surface area contributed by atoms with E-state index in [1.54, 1.807) is 30.3 Å². The molecule has 0 bridgehead atoms. The van der Waals surface area contributed by atoms with Crippen molar-refractivity contribution in [2.75, 3.05) is 4.90 Å². The second-order valence-electron chi connectivity index (χ2n) is 5.02. The molecule has 0 saturated carbocycles. The number of carbonyl (C=O) groups is 1. The summed E-state index contributed by atoms with van der Waals surface area (Å²) in [6.07, 6.45) is 1.60. The minimum Gasteiger partial charge on any atom is -0.507 e. The summed E-state index contributed by atoms with van der Waals surface area (Å²) in [6.45, 7) is 1.98. The maximum atomic E-state index is 12.5. The Morgan fingerprint density at radius 1 is 1.14 bits per heavy atom. The number of rotatable bonds is 2. The van der Waals surface area contributed by atoms with Crippen molar-refractivity contribution in [3.05, 3.63) is 65.4 Å². The summed E-state index contributed by atoms with van der Waals surface area (Å²) < 4.78 is 0. The van der Waals surface area contributed by atoms with Gasteiger partial charge in [-0.25, -0.2) is 0 Å². The van der Waals surface area contributed by atoms with Crippen molar-refractivity contribution in [2.24, 2.45) is 0 Å². The second-order valence-corrected chi connectivity index (χ2v) is 5.41. The Labute approximate surface area is 133 Å². The zero-order chi connectivity index (χ0) is 15.7. The van der Waals surface area contributed by atoms with Crippen molar-refractivity contribution in [3.8, 4) is 5.75 Å². The number of para-hydroxylation sites is 1. The standard InChI is InChI=1S/C17H14N2O2S/c1-11-6-8-13(9-7-11)19-16(21)14(18-17(19)22)10-12-4-2-3-5-15(12)20/h2-10,20H,1H3,(H,18,22). The minimum absolute atomic E-state index is 0.115. The van der Waals surface area contributed by atoms with Crippen LogP contribution in [0.4, 0.5) is 5.69 Å². The van der Waals surface area contributed by atoms with Crippen LogP contribution < -0.4 is 10.2 Å². The zero-order valence-corrected chi connectivity index (χ0v) is 12.7. The van der Waals surface area contributed by atoms with Crippen molar-refractivity contribution in [2.45, 2.75) is 6.92 Å². The summed E-state index contributed by atoms with van der Waals surface area (Å²) in [5, 5.41) is 13.0. The van der Waals surface area contributed by atoms with Gasteiger partial charge in [0.05, 0.1) is 5.69 Å². The third kappa shape index (κ3) is 2.58. The van der Waals surface area contributed by atoms with Gasteiger partial charge in [-0.15, -0.1) is 0 Å². The molecule has 4 nitrogen and oxygen atoms in total. The predicted octanol–water partition coefficient (Wildman–Crippen LogP) is 2.96. The van der Waals surface area contributed by atoms with Crippen molar-refractivity contribution >= 4 is 35.0 Å². The van der Waals surface area contributed by atoms with Gasteiger partial charge in [0, 0.05) is 5.56 Å². The molecule has 1 aliphatic heterocycles. The largest absolute Gasteiger partial charge is 0.507 e. The van der Waals surface area contributed by atoms with E-state index in [4.69, 9.17) is 12.2 Å². The first-order valence-corrected chi connectivity index (χ1v) is 7.19. The molecule has 0 atom stereocenters. The predicted molar refractivity (Wildman–Crippen MR) is 90.5 cm³/mol. The van der Waals surface area contributed by atoms with Gasteiger partial charge < -0.3 is 10.4 Å². The Morgan fingerprint density at radius 3 is 2.50 bits per heavy atom. The first-order valence-electron chi connectivity index (χ1n) is 6.78. The average Bonchev–Trinajstić information content (AvgIpc) is 2.77. The highest BCUT2D eigenvalue weighted by atomic mass is 32.1. The van der Waals surface area contributed by atoms with Crippen LogP contribution in [0.2, 0.25) is 0 Å². The van der Waals surface area contributed by atoms with Gasteiger partial charge in [0.15, 0.2) is 5.11 Å². The number of aryl methyl sites for hydroxylation is 1. The second kappa shape index (κ2) is 5.61. The molecule has 0 radical (unpaired) electrons. The third-order valence-electron chi connectivity index (χ3n) is 3.41. The lowest BCUT2D eigenvalue weighted by Gasteiger charge is -2.13. The van der Waals surface area contributed by atoms with Crippen LogP contribution in [0.1, 0.15) is 11.1 Å². The molecule has 5 heteroatoms. The zero-order valence-electron chi connectivity index (χ0n) is 11.9. The smallest absolute Gasteiger partial charge is 0.281 e. The lowest BCUT2D eigenvalue weighted by Crippen LogP contribution is -2.30. The number of anilines is 1. The van der Waals surface area contributed by atoms with E-state index in [0.717, 1.165) is 5.56 Å². The Hall–Kier alpha value is -2.66. The normalized spacial score (nSPS) is 16.2. The number of thiocarbonyl (C=S) groups is 1. The molecular weight excluding hydrogens is 296 g/mol. The lowest BCUT2D eigenvalue weighted by molar-refractivity contribution is -0.113. The number of hydrogen-bond acceptors (Lipinski definition) is 3. The van der Waals surface area contributed by atoms with Gasteiger partial charge in [0.1, 0.15) is 11.4 Å². The lowest BCUT2D eigenvalue weighted by atomic mass is 10.1. The van der Waals surface area contributed by atoms with E-state index in [-0.39, 0.29) is 11.7 Å². The van der Waals surface area contributed by atoms with Crippen LogP contribution in [-0.4, -0.2) is 16.1 Å². The summed E-state index contributed by atoms with van der Waals surface area (Å²) in [6, 6.07) is 14.4. The van der Waals surface area contributed by atoms with E-state index < -0.39 is 0 Å². The molecule has 3 rings (SSSR count). The van der Waals surface area contributed by atoms with E-state index in [1.807, 2.05) is 31.2 Å². The van der Waals surface area contributed by atoms with Crippen LogP contribution in [0.5, 0.6) is 5.75 Å². The highest BCUT2D eigenvalue weighted by molar-refractivity contribution is 7.80. The molecule has 0 aromatic heterocycles. The average molecular weight is 310 g/mol. The van der Waals surface area contributed by atoms with Gasteiger partial charge in [0.2, 0.25) is 0 Å². The Balaban J connectivity index is 1.95. The van der Waals surface area contributed by atoms with Crippen molar-refractivity contribution in [1.29, 1.82) is 0 Å². The van der Waals surface area contributed by atoms with Gasteiger partial charge >= 0.3 is 0 Å². The fraction of sp³-hybridized carbons (Fsp3) is 0.0588. The van der Waals surface area contributed by atoms with Gasteiger partial charge in [-0.2, -0.15) is 0 Å². The van der Waals surface area contributed by atoms with Crippen LogP contribution in [0.3, 0.4) is 0 Å². The number of nitrogens with zero attached hydrogens (tertiary/aromatic N) is 1. The molecule has 2 aromatic rings. The van der Waals surface area contributed by atoms with Crippen LogP contribution in [-0.2, 0) is 4.79 Å². The summed E-state index contributed by atoms with van der Waals surface area (Å²) in [7, 11) is 0. The maximum Gasteiger partial charge on any atom is 0.281 e. The Morgan fingerprint density at radius 2 is 1.82 bits per heavy atom. The molecule has 2 aromatic carbocycles. The Kier molecular flexibility index (Phi) is 3.65. The summed E-state index contributed by atoms with van der Waals surface area (Å²) in [5.41, 5.74) is 2.73. The molecule has 22 heavy (non-hydrogen) atoms. The Bertz CT molecular complexity index is 782. The quantitative estimate of drug-likeness (QED) is 0.661. The van der Waals surface area contributed by atoms with Crippen molar-refractivity contribution in [1.82, 2.24) is 5.32 Å². The van der Waals surface area contributed by atoms with Gasteiger partial charge in [-0.05, 0) is 43.4 Å². The number of nitrogens with one attached hydrogen (secondary N) is 1.